The monoisotopic (exact) mass is 632 g/mol. The number of H-pyrrole nitrogens is 2. The fraction of sp³-hybridized carbons (Fsp3) is 0.118. The summed E-state index contributed by atoms with van der Waals surface area (Å²) in [6.45, 7) is 1.40. The maximum atomic E-state index is 14.6. The first-order valence-corrected chi connectivity index (χ1v) is 16.4. The minimum atomic E-state index is -3.44. The molecule has 0 aliphatic carbocycles. The molecule has 0 aliphatic rings. The van der Waals surface area contributed by atoms with Crippen LogP contribution in [0.3, 0.4) is 0 Å². The molecule has 4 N–H and O–H groups in total. The third-order valence-corrected chi connectivity index (χ3v) is 8.28. The Morgan fingerprint density at radius 1 is 0.783 bits per heavy atom. The van der Waals surface area contributed by atoms with Gasteiger partial charge in [-0.25, -0.2) is 22.5 Å². The van der Waals surface area contributed by atoms with Crippen LogP contribution in [0.15, 0.2) is 97.6 Å². The van der Waals surface area contributed by atoms with E-state index in [-0.39, 0.29) is 6.54 Å². The van der Waals surface area contributed by atoms with Crippen molar-refractivity contribution in [2.45, 2.75) is 19.6 Å². The van der Waals surface area contributed by atoms with Crippen LogP contribution in [0.5, 0.6) is 0 Å². The topological polar surface area (TPSA) is 141 Å². The summed E-state index contributed by atoms with van der Waals surface area (Å²) >= 11 is 0. The van der Waals surface area contributed by atoms with Gasteiger partial charge in [0, 0.05) is 54.7 Å². The van der Waals surface area contributed by atoms with Gasteiger partial charge in [0.05, 0.1) is 34.9 Å². The van der Waals surface area contributed by atoms with Gasteiger partial charge in [0.25, 0.3) is 0 Å². The van der Waals surface area contributed by atoms with Crippen molar-refractivity contribution in [3.8, 4) is 33.8 Å². The average molecular weight is 633 g/mol. The summed E-state index contributed by atoms with van der Waals surface area (Å²) in [6.07, 6.45) is 8.08. The molecule has 0 saturated carbocycles. The average Bonchev–Trinajstić information content (AvgIpc) is 3.68. The fourth-order valence-corrected chi connectivity index (χ4v) is 5.88. The highest BCUT2D eigenvalue weighted by Crippen LogP contribution is 2.34. The molecule has 5 heterocycles. The smallest absolute Gasteiger partial charge is 0.209 e. The number of nitrogens with zero attached hydrogens (tertiary/aromatic N) is 4. The molecule has 2 aromatic carbocycles. The largest absolute Gasteiger partial charge is 0.352 e. The Bertz CT molecular complexity index is 2300. The summed E-state index contributed by atoms with van der Waals surface area (Å²) in [6, 6.07) is 22.6. The zero-order valence-electron chi connectivity index (χ0n) is 24.8. The van der Waals surface area contributed by atoms with E-state index in [1.165, 1.54) is 17.7 Å². The Labute approximate surface area is 264 Å². The number of pyridine rings is 3. The van der Waals surface area contributed by atoms with Crippen molar-refractivity contribution in [2.75, 3.05) is 6.26 Å². The van der Waals surface area contributed by atoms with E-state index in [1.54, 1.807) is 24.7 Å². The van der Waals surface area contributed by atoms with Crippen molar-refractivity contribution in [3.63, 3.8) is 0 Å². The lowest BCUT2D eigenvalue weighted by atomic mass is 10.0. The molecule has 12 heteroatoms. The second-order valence-corrected chi connectivity index (χ2v) is 12.9. The third kappa shape index (κ3) is 6.40. The normalized spacial score (nSPS) is 11.9. The second kappa shape index (κ2) is 12.2. The summed E-state index contributed by atoms with van der Waals surface area (Å²) in [7, 11) is -3.44. The molecule has 5 aromatic heterocycles. The van der Waals surface area contributed by atoms with Gasteiger partial charge in [-0.2, -0.15) is 5.10 Å². The molecule has 0 saturated heterocycles. The fourth-order valence-electron chi connectivity index (χ4n) is 5.45. The number of rotatable bonds is 10. The molecular weight excluding hydrogens is 603 g/mol. The highest BCUT2D eigenvalue weighted by molar-refractivity contribution is 7.88. The molecular formula is C34H29FN8O2S. The van der Waals surface area contributed by atoms with Gasteiger partial charge in [-0.15, -0.1) is 0 Å². The van der Waals surface area contributed by atoms with Crippen molar-refractivity contribution < 1.29 is 12.8 Å². The molecule has 46 heavy (non-hydrogen) atoms. The van der Waals surface area contributed by atoms with Crippen LogP contribution in [-0.2, 0) is 29.7 Å². The van der Waals surface area contributed by atoms with E-state index in [4.69, 9.17) is 4.98 Å². The first-order chi connectivity index (χ1) is 22.3. The molecule has 7 rings (SSSR count). The van der Waals surface area contributed by atoms with Crippen LogP contribution in [0.4, 0.5) is 4.39 Å². The molecule has 0 aliphatic heterocycles. The van der Waals surface area contributed by atoms with Gasteiger partial charge in [-0.3, -0.25) is 15.1 Å². The van der Waals surface area contributed by atoms with E-state index < -0.39 is 15.8 Å². The minimum absolute atomic E-state index is 0.0265. The summed E-state index contributed by atoms with van der Waals surface area (Å²) in [5.41, 5.74) is 9.22. The van der Waals surface area contributed by atoms with Crippen molar-refractivity contribution >= 4 is 32.0 Å². The molecule has 7 aromatic rings. The summed E-state index contributed by atoms with van der Waals surface area (Å²) in [4.78, 5) is 17.2. The lowest BCUT2D eigenvalue weighted by molar-refractivity contribution is 0.586. The Kier molecular flexibility index (Phi) is 7.83. The van der Waals surface area contributed by atoms with Crippen molar-refractivity contribution in [1.29, 1.82) is 0 Å². The quantitative estimate of drug-likeness (QED) is 0.151. The van der Waals surface area contributed by atoms with Crippen LogP contribution < -0.4 is 10.0 Å². The van der Waals surface area contributed by atoms with Gasteiger partial charge in [-0.1, -0.05) is 30.3 Å². The van der Waals surface area contributed by atoms with Gasteiger partial charge < -0.3 is 10.3 Å². The van der Waals surface area contributed by atoms with Crippen LogP contribution in [0.1, 0.15) is 16.7 Å². The Hall–Kier alpha value is -5.30. The molecule has 230 valence electrons. The molecule has 0 fully saturated rings. The first kappa shape index (κ1) is 29.4. The van der Waals surface area contributed by atoms with E-state index in [2.05, 4.69) is 53.4 Å². The zero-order valence-corrected chi connectivity index (χ0v) is 25.6. The first-order valence-electron chi connectivity index (χ1n) is 14.5. The van der Waals surface area contributed by atoms with Crippen molar-refractivity contribution in [3.05, 3.63) is 120 Å². The van der Waals surface area contributed by atoms with Crippen molar-refractivity contribution in [2.24, 2.45) is 0 Å². The van der Waals surface area contributed by atoms with Gasteiger partial charge in [0.1, 0.15) is 17.0 Å². The molecule has 0 spiro atoms. The Balaban J connectivity index is 1.19. The number of benzene rings is 2. The van der Waals surface area contributed by atoms with Crippen LogP contribution >= 0.6 is 0 Å². The number of aromatic nitrogens is 6. The highest BCUT2D eigenvalue weighted by Gasteiger charge is 2.17. The standard InChI is InChI=1S/C34H29FN8O2S/c1-46(44,45)39-17-22-9-24(12-26(35)11-22)28-19-38-20-32-27(28)13-31(40-32)34-33-30(42-43-34)8-7-29(41-33)25-10-23(16-37-18-25)15-36-14-21-5-3-2-4-6-21/h2-13,16,18-20,36,39-40H,14-15,17H2,1H3,(H,42,43). The van der Waals surface area contributed by atoms with Gasteiger partial charge >= 0.3 is 0 Å². The summed E-state index contributed by atoms with van der Waals surface area (Å²) in [5.74, 6) is -0.476. The van der Waals surface area contributed by atoms with Crippen LogP contribution in [0.2, 0.25) is 0 Å². The number of nitrogens with one attached hydrogen (secondary N) is 4. The lowest BCUT2D eigenvalue weighted by Crippen LogP contribution is -2.21. The van der Waals surface area contributed by atoms with Gasteiger partial charge in [0.15, 0.2) is 0 Å². The second-order valence-electron chi connectivity index (χ2n) is 11.1. The molecule has 10 nitrogen and oxygen atoms in total. The molecule has 0 amide bonds. The predicted molar refractivity (Wildman–Crippen MR) is 176 cm³/mol. The SMILES string of the molecule is CS(=O)(=O)NCc1cc(F)cc(-c2cncc3[nH]c(-c4n[nH]c5ccc(-c6cncc(CNCc7ccccc7)c6)nc45)cc23)c1. The Morgan fingerprint density at radius 2 is 1.59 bits per heavy atom. The number of halogens is 1. The number of aromatic amines is 2. The number of hydrogen-bond donors (Lipinski definition) is 4. The lowest BCUT2D eigenvalue weighted by Gasteiger charge is -2.08. The zero-order chi connectivity index (χ0) is 31.7. The molecule has 0 unspecified atom stereocenters. The van der Waals surface area contributed by atoms with Crippen molar-refractivity contribution in [1.82, 2.24) is 40.2 Å². The highest BCUT2D eigenvalue weighted by atomic mass is 32.2. The van der Waals surface area contributed by atoms with E-state index >= 15 is 0 Å². The number of fused-ring (bicyclic) bond motifs is 2. The maximum Gasteiger partial charge on any atom is 0.209 e. The number of hydrogen-bond acceptors (Lipinski definition) is 7. The third-order valence-electron chi connectivity index (χ3n) is 7.61. The minimum Gasteiger partial charge on any atom is -0.352 e. The van der Waals surface area contributed by atoms with Crippen LogP contribution in [0, 0.1) is 5.82 Å². The Morgan fingerprint density at radius 3 is 2.43 bits per heavy atom. The van der Waals surface area contributed by atoms with Crippen LogP contribution in [-0.4, -0.2) is 44.8 Å². The molecule has 0 atom stereocenters. The number of sulfonamides is 1. The van der Waals surface area contributed by atoms with Gasteiger partial charge in [0.2, 0.25) is 10.0 Å². The van der Waals surface area contributed by atoms with E-state index in [1.807, 2.05) is 42.6 Å². The van der Waals surface area contributed by atoms with E-state index in [9.17, 15) is 12.8 Å². The van der Waals surface area contributed by atoms with E-state index in [0.29, 0.717) is 40.1 Å². The summed E-state index contributed by atoms with van der Waals surface area (Å²) in [5, 5.41) is 11.9. The van der Waals surface area contributed by atoms with Gasteiger partial charge in [-0.05, 0) is 64.7 Å². The molecule has 0 radical (unpaired) electrons. The van der Waals surface area contributed by atoms with E-state index in [0.717, 1.165) is 46.0 Å². The summed E-state index contributed by atoms with van der Waals surface area (Å²) < 4.78 is 40.2. The molecule has 0 bridgehead atoms. The predicted octanol–water partition coefficient (Wildman–Crippen LogP) is 5.71. The van der Waals surface area contributed by atoms with Crippen LogP contribution in [0.25, 0.3) is 55.7 Å². The maximum absolute atomic E-state index is 14.6.